The number of aryl methyl sites for hydroxylation is 2. The monoisotopic (exact) mass is 349 g/mol. The van der Waals surface area contributed by atoms with Gasteiger partial charge in [0.05, 0.1) is 13.7 Å². The van der Waals surface area contributed by atoms with Crippen LogP contribution in [0.5, 0.6) is 0 Å². The minimum Gasteiger partial charge on any atom is -0.468 e. The third-order valence-corrected chi connectivity index (χ3v) is 4.04. The molecule has 9 heteroatoms. The average Bonchev–Trinajstić information content (AvgIpc) is 3.06. The van der Waals surface area contributed by atoms with Crippen molar-refractivity contribution in [3.63, 3.8) is 0 Å². The first-order chi connectivity index (χ1) is 12.0. The van der Waals surface area contributed by atoms with Crippen LogP contribution in [0.4, 0.5) is 0 Å². The number of nitrogens with zero attached hydrogens (tertiary/aromatic N) is 5. The van der Waals surface area contributed by atoms with Gasteiger partial charge in [0, 0.05) is 31.5 Å². The van der Waals surface area contributed by atoms with E-state index < -0.39 is 5.97 Å². The van der Waals surface area contributed by atoms with E-state index >= 15 is 0 Å². The van der Waals surface area contributed by atoms with Gasteiger partial charge in [-0.25, -0.2) is 9.50 Å². The number of aromatic nitrogens is 4. The van der Waals surface area contributed by atoms with E-state index in [1.165, 1.54) is 18.3 Å². The van der Waals surface area contributed by atoms with E-state index in [2.05, 4.69) is 19.8 Å². The van der Waals surface area contributed by atoms with Gasteiger partial charge < -0.3 is 14.4 Å². The molecule has 0 bridgehead atoms. The lowest BCUT2D eigenvalue weighted by Crippen LogP contribution is -2.38. The van der Waals surface area contributed by atoms with Gasteiger partial charge in [-0.1, -0.05) is 0 Å². The zero-order valence-electron chi connectivity index (χ0n) is 15.0. The van der Waals surface area contributed by atoms with Crippen molar-refractivity contribution >= 4 is 17.7 Å². The Hall–Kier alpha value is -2.55. The maximum Gasteiger partial charge on any atom is 0.325 e. The Morgan fingerprint density at radius 3 is 2.72 bits per heavy atom. The maximum absolute atomic E-state index is 12.5. The van der Waals surface area contributed by atoms with Gasteiger partial charge in [0.25, 0.3) is 5.78 Å². The average molecular weight is 349 g/mol. The molecule has 2 rings (SSSR count). The summed E-state index contributed by atoms with van der Waals surface area (Å²) in [5.41, 5.74) is 2.68. The van der Waals surface area contributed by atoms with Crippen molar-refractivity contribution in [1.29, 1.82) is 0 Å². The van der Waals surface area contributed by atoms with Crippen LogP contribution in [0.15, 0.2) is 6.33 Å². The second-order valence-electron chi connectivity index (χ2n) is 5.62. The predicted molar refractivity (Wildman–Crippen MR) is 89.0 cm³/mol. The van der Waals surface area contributed by atoms with E-state index in [1.807, 2.05) is 13.8 Å². The van der Waals surface area contributed by atoms with Crippen LogP contribution >= 0.6 is 0 Å². The Bertz CT molecular complexity index is 758. The van der Waals surface area contributed by atoms with Crippen LogP contribution in [0.3, 0.4) is 0 Å². The van der Waals surface area contributed by atoms with Crippen molar-refractivity contribution in [2.45, 2.75) is 26.7 Å². The predicted octanol–water partition coefficient (Wildman–Crippen LogP) is 0.322. The van der Waals surface area contributed by atoms with Gasteiger partial charge in [-0.15, -0.1) is 0 Å². The molecule has 2 aromatic heterocycles. The lowest BCUT2D eigenvalue weighted by molar-refractivity contribution is -0.147. The van der Waals surface area contributed by atoms with Gasteiger partial charge in [0.15, 0.2) is 0 Å². The quantitative estimate of drug-likeness (QED) is 0.633. The third-order valence-electron chi connectivity index (χ3n) is 4.04. The van der Waals surface area contributed by atoms with Gasteiger partial charge in [0.2, 0.25) is 5.91 Å². The number of esters is 1. The van der Waals surface area contributed by atoms with Crippen LogP contribution in [0.25, 0.3) is 5.78 Å². The summed E-state index contributed by atoms with van der Waals surface area (Å²) in [6.07, 6.45) is 2.21. The number of fused-ring (bicyclic) bond motifs is 1. The summed E-state index contributed by atoms with van der Waals surface area (Å²) in [7, 11) is 2.85. The first kappa shape index (κ1) is 18.8. The van der Waals surface area contributed by atoms with Gasteiger partial charge >= 0.3 is 5.97 Å². The number of rotatable bonds is 8. The molecule has 2 heterocycles. The largest absolute Gasteiger partial charge is 0.468 e. The van der Waals surface area contributed by atoms with Crippen LogP contribution in [0, 0.1) is 13.8 Å². The first-order valence-corrected chi connectivity index (χ1v) is 7.97. The molecule has 0 unspecified atom stereocenters. The Kier molecular flexibility index (Phi) is 6.40. The summed E-state index contributed by atoms with van der Waals surface area (Å²) in [6, 6.07) is 0. The molecule has 0 atom stereocenters. The highest BCUT2D eigenvalue weighted by atomic mass is 16.5. The molecule has 25 heavy (non-hydrogen) atoms. The molecule has 0 aliphatic carbocycles. The Labute approximate surface area is 146 Å². The molecule has 0 N–H and O–H groups in total. The van der Waals surface area contributed by atoms with Crippen molar-refractivity contribution in [2.24, 2.45) is 0 Å². The highest BCUT2D eigenvalue weighted by Gasteiger charge is 2.19. The molecule has 0 radical (unpaired) electrons. The van der Waals surface area contributed by atoms with Crippen LogP contribution in [-0.4, -0.2) is 70.3 Å². The topological polar surface area (TPSA) is 98.9 Å². The van der Waals surface area contributed by atoms with E-state index in [1.54, 1.807) is 11.6 Å². The van der Waals surface area contributed by atoms with Crippen LogP contribution < -0.4 is 0 Å². The Morgan fingerprint density at radius 2 is 2.04 bits per heavy atom. The highest BCUT2D eigenvalue weighted by Crippen LogP contribution is 2.15. The van der Waals surface area contributed by atoms with Crippen molar-refractivity contribution in [3.05, 3.63) is 23.3 Å². The SMILES string of the molecule is COCCN(CC(=O)OC)C(=O)CCc1c(C)nc2ncnn2c1C. The number of ether oxygens (including phenoxy) is 2. The molecule has 0 saturated heterocycles. The summed E-state index contributed by atoms with van der Waals surface area (Å²) >= 11 is 0. The molecule has 0 spiro atoms. The van der Waals surface area contributed by atoms with Gasteiger partial charge in [0.1, 0.15) is 12.9 Å². The van der Waals surface area contributed by atoms with E-state index in [0.29, 0.717) is 25.4 Å². The maximum atomic E-state index is 12.5. The molecule has 136 valence electrons. The molecule has 0 saturated carbocycles. The number of hydrogen-bond acceptors (Lipinski definition) is 7. The number of methoxy groups -OCH3 is 2. The molecule has 0 aromatic carbocycles. The minimum absolute atomic E-state index is 0.0863. The number of carbonyl (C=O) groups is 2. The molecule has 0 aliphatic rings. The zero-order chi connectivity index (χ0) is 18.4. The smallest absolute Gasteiger partial charge is 0.325 e. The summed E-state index contributed by atoms with van der Waals surface area (Å²) in [5, 5.41) is 4.14. The fraction of sp³-hybridized carbons (Fsp3) is 0.562. The van der Waals surface area contributed by atoms with Gasteiger partial charge in [-0.05, 0) is 25.8 Å². The standard InChI is InChI=1S/C16H23N5O4/c1-11-13(12(2)21-16(19-11)17-10-18-21)5-6-14(22)20(7-8-24-3)9-15(23)25-4/h10H,5-9H2,1-4H3. The van der Waals surface area contributed by atoms with Gasteiger partial charge in [-0.2, -0.15) is 10.1 Å². The molecular formula is C16H23N5O4. The number of carbonyl (C=O) groups excluding carboxylic acids is 2. The van der Waals surface area contributed by atoms with Crippen molar-refractivity contribution in [1.82, 2.24) is 24.5 Å². The second-order valence-corrected chi connectivity index (χ2v) is 5.62. The van der Waals surface area contributed by atoms with E-state index in [4.69, 9.17) is 4.74 Å². The number of amides is 1. The van der Waals surface area contributed by atoms with E-state index in [9.17, 15) is 9.59 Å². The lowest BCUT2D eigenvalue weighted by atomic mass is 10.1. The van der Waals surface area contributed by atoms with Crippen LogP contribution in [0.1, 0.15) is 23.4 Å². The van der Waals surface area contributed by atoms with Crippen molar-refractivity contribution in [3.8, 4) is 0 Å². The zero-order valence-corrected chi connectivity index (χ0v) is 15.0. The normalized spacial score (nSPS) is 10.9. The number of hydrogen-bond donors (Lipinski definition) is 0. The summed E-state index contributed by atoms with van der Waals surface area (Å²) in [6.45, 7) is 4.42. The molecule has 0 fully saturated rings. The molecule has 2 aromatic rings. The Morgan fingerprint density at radius 1 is 1.28 bits per heavy atom. The van der Waals surface area contributed by atoms with E-state index in [0.717, 1.165) is 17.0 Å². The first-order valence-electron chi connectivity index (χ1n) is 7.97. The van der Waals surface area contributed by atoms with Crippen LogP contribution in [-0.2, 0) is 25.5 Å². The summed E-state index contributed by atoms with van der Waals surface area (Å²) in [4.78, 5) is 33.9. The summed E-state index contributed by atoms with van der Waals surface area (Å²) in [5.74, 6) is -0.0556. The van der Waals surface area contributed by atoms with Crippen LogP contribution in [0.2, 0.25) is 0 Å². The fourth-order valence-electron chi connectivity index (χ4n) is 2.62. The third kappa shape index (κ3) is 4.50. The Balaban J connectivity index is 2.09. The molecule has 1 amide bonds. The fourth-order valence-corrected chi connectivity index (χ4v) is 2.62. The molecule has 0 aliphatic heterocycles. The minimum atomic E-state index is -0.456. The van der Waals surface area contributed by atoms with Crippen molar-refractivity contribution in [2.75, 3.05) is 33.9 Å². The molecular weight excluding hydrogens is 326 g/mol. The second kappa shape index (κ2) is 8.52. The van der Waals surface area contributed by atoms with Gasteiger partial charge in [-0.3, -0.25) is 9.59 Å². The lowest BCUT2D eigenvalue weighted by Gasteiger charge is -2.21. The van der Waals surface area contributed by atoms with Crippen molar-refractivity contribution < 1.29 is 19.1 Å². The summed E-state index contributed by atoms with van der Waals surface area (Å²) < 4.78 is 11.3. The van der Waals surface area contributed by atoms with E-state index in [-0.39, 0.29) is 18.9 Å². The highest BCUT2D eigenvalue weighted by molar-refractivity contribution is 5.82. The molecule has 9 nitrogen and oxygen atoms in total.